The topological polar surface area (TPSA) is 67.4 Å². The second-order valence-electron chi connectivity index (χ2n) is 4.16. The summed E-state index contributed by atoms with van der Waals surface area (Å²) in [7, 11) is 1.35. The number of hydrogen-bond donors (Lipinski definition) is 2. The van der Waals surface area contributed by atoms with Gasteiger partial charge in [0.2, 0.25) is 5.91 Å². The summed E-state index contributed by atoms with van der Waals surface area (Å²) in [6.07, 6.45) is 2.73. The van der Waals surface area contributed by atoms with Crippen molar-refractivity contribution < 1.29 is 14.3 Å². The third kappa shape index (κ3) is 3.81. The third-order valence-corrected chi connectivity index (χ3v) is 2.66. The molecule has 2 unspecified atom stereocenters. The van der Waals surface area contributed by atoms with Crippen molar-refractivity contribution in [2.75, 3.05) is 7.11 Å². The smallest absolute Gasteiger partial charge is 0.322 e. The van der Waals surface area contributed by atoms with Crippen LogP contribution in [-0.4, -0.2) is 37.1 Å². The van der Waals surface area contributed by atoms with Crippen molar-refractivity contribution >= 4 is 11.9 Å². The van der Waals surface area contributed by atoms with Gasteiger partial charge in [0.05, 0.1) is 13.2 Å². The van der Waals surface area contributed by atoms with E-state index in [-0.39, 0.29) is 17.9 Å². The molecule has 0 saturated heterocycles. The van der Waals surface area contributed by atoms with Crippen LogP contribution in [-0.2, 0) is 14.3 Å². The summed E-state index contributed by atoms with van der Waals surface area (Å²) in [6.45, 7) is 3.63. The number of carbonyl (C=O) groups is 2. The Bertz CT molecular complexity index is 264. The summed E-state index contributed by atoms with van der Waals surface area (Å²) in [6, 6.07) is -0.440. The zero-order chi connectivity index (χ0) is 12.1. The first-order chi connectivity index (χ1) is 7.58. The molecule has 0 aromatic rings. The Hall–Kier alpha value is -1.10. The van der Waals surface area contributed by atoms with Crippen molar-refractivity contribution in [3.8, 4) is 0 Å². The first kappa shape index (κ1) is 13.0. The molecule has 1 aliphatic rings. The predicted molar refractivity (Wildman–Crippen MR) is 59.9 cm³/mol. The molecule has 5 heteroatoms. The summed E-state index contributed by atoms with van der Waals surface area (Å²) in [5.41, 5.74) is 0. The summed E-state index contributed by atoms with van der Waals surface area (Å²) in [4.78, 5) is 22.9. The fraction of sp³-hybridized carbons (Fsp3) is 0.818. The van der Waals surface area contributed by atoms with Crippen LogP contribution >= 0.6 is 0 Å². The molecule has 92 valence electrons. The quantitative estimate of drug-likeness (QED) is 0.637. The highest BCUT2D eigenvalue weighted by molar-refractivity contribution is 5.83. The second-order valence-corrected chi connectivity index (χ2v) is 4.16. The number of ether oxygens (including phenoxy) is 1. The maximum Gasteiger partial charge on any atom is 0.322 e. The van der Waals surface area contributed by atoms with Crippen LogP contribution in [0.4, 0.5) is 0 Å². The van der Waals surface area contributed by atoms with Gasteiger partial charge >= 0.3 is 5.97 Å². The van der Waals surface area contributed by atoms with Crippen molar-refractivity contribution in [2.24, 2.45) is 0 Å². The molecule has 2 atom stereocenters. The zero-order valence-corrected chi connectivity index (χ0v) is 10.1. The average Bonchev–Trinajstić information content (AvgIpc) is 3.08. The largest absolute Gasteiger partial charge is 0.468 e. The van der Waals surface area contributed by atoms with Crippen LogP contribution in [0, 0.1) is 0 Å². The maximum absolute atomic E-state index is 11.6. The van der Waals surface area contributed by atoms with Gasteiger partial charge in [-0.15, -0.1) is 0 Å². The Kier molecular flexibility index (Phi) is 4.73. The van der Waals surface area contributed by atoms with Gasteiger partial charge in [0.1, 0.15) is 6.04 Å². The van der Waals surface area contributed by atoms with E-state index >= 15 is 0 Å². The molecule has 0 aromatic carbocycles. The minimum atomic E-state index is -0.412. The summed E-state index contributed by atoms with van der Waals surface area (Å²) in [5.74, 6) is -0.376. The van der Waals surface area contributed by atoms with Gasteiger partial charge in [0, 0.05) is 6.04 Å². The Balaban J connectivity index is 2.37. The van der Waals surface area contributed by atoms with Crippen molar-refractivity contribution in [1.82, 2.24) is 10.6 Å². The fourth-order valence-corrected chi connectivity index (χ4v) is 1.43. The predicted octanol–water partition coefficient (Wildman–Crippen LogP) is 0.195. The molecular formula is C11H20N2O3. The van der Waals surface area contributed by atoms with E-state index in [2.05, 4.69) is 15.4 Å². The molecule has 0 bridgehead atoms. The summed E-state index contributed by atoms with van der Waals surface area (Å²) in [5, 5.41) is 5.85. The van der Waals surface area contributed by atoms with Crippen LogP contribution in [0.5, 0.6) is 0 Å². The third-order valence-electron chi connectivity index (χ3n) is 2.66. The first-order valence-electron chi connectivity index (χ1n) is 5.72. The molecule has 0 aliphatic heterocycles. The van der Waals surface area contributed by atoms with Gasteiger partial charge in [-0.1, -0.05) is 6.92 Å². The van der Waals surface area contributed by atoms with E-state index in [9.17, 15) is 9.59 Å². The number of esters is 1. The van der Waals surface area contributed by atoms with E-state index in [1.54, 1.807) is 6.92 Å². The Morgan fingerprint density at radius 1 is 1.44 bits per heavy atom. The second kappa shape index (κ2) is 5.84. The molecule has 0 heterocycles. The number of amides is 1. The summed E-state index contributed by atoms with van der Waals surface area (Å²) >= 11 is 0. The maximum atomic E-state index is 11.6. The average molecular weight is 228 g/mol. The highest BCUT2D eigenvalue weighted by Gasteiger charge is 2.27. The van der Waals surface area contributed by atoms with Gasteiger partial charge in [-0.05, 0) is 26.2 Å². The number of methoxy groups -OCH3 is 1. The number of hydrogen-bond acceptors (Lipinski definition) is 4. The standard InChI is InChI=1S/C11H20N2O3/c1-4-9(11(15)16-3)12-7(2)10(14)13-8-5-6-8/h7-9,12H,4-6H2,1-3H3,(H,13,14). The van der Waals surface area contributed by atoms with Gasteiger partial charge < -0.3 is 10.1 Å². The van der Waals surface area contributed by atoms with Gasteiger partial charge in [0.15, 0.2) is 0 Å². The minimum Gasteiger partial charge on any atom is -0.468 e. The molecule has 5 nitrogen and oxygen atoms in total. The SMILES string of the molecule is CCC(NC(C)C(=O)NC1CC1)C(=O)OC. The lowest BCUT2D eigenvalue weighted by atomic mass is 10.2. The van der Waals surface area contributed by atoms with E-state index in [0.29, 0.717) is 12.5 Å². The van der Waals surface area contributed by atoms with Crippen LogP contribution in [0.1, 0.15) is 33.1 Å². The molecular weight excluding hydrogens is 208 g/mol. The van der Waals surface area contributed by atoms with Crippen LogP contribution in [0.25, 0.3) is 0 Å². The molecule has 0 spiro atoms. The highest BCUT2D eigenvalue weighted by atomic mass is 16.5. The van der Waals surface area contributed by atoms with Crippen LogP contribution in [0.3, 0.4) is 0 Å². The molecule has 1 amide bonds. The molecule has 1 aliphatic carbocycles. The highest BCUT2D eigenvalue weighted by Crippen LogP contribution is 2.18. The van der Waals surface area contributed by atoms with Crippen molar-refractivity contribution in [3.63, 3.8) is 0 Å². The molecule has 16 heavy (non-hydrogen) atoms. The molecule has 0 radical (unpaired) electrons. The number of carbonyl (C=O) groups excluding carboxylic acids is 2. The van der Waals surface area contributed by atoms with E-state index in [0.717, 1.165) is 12.8 Å². The molecule has 0 aromatic heterocycles. The minimum absolute atomic E-state index is 0.0511. The molecule has 1 rings (SSSR count). The normalized spacial score (nSPS) is 18.7. The van der Waals surface area contributed by atoms with E-state index in [1.165, 1.54) is 7.11 Å². The first-order valence-corrected chi connectivity index (χ1v) is 5.72. The van der Waals surface area contributed by atoms with Crippen LogP contribution in [0.2, 0.25) is 0 Å². The monoisotopic (exact) mass is 228 g/mol. The molecule has 1 saturated carbocycles. The fourth-order valence-electron chi connectivity index (χ4n) is 1.43. The van der Waals surface area contributed by atoms with Gasteiger partial charge in [-0.25, -0.2) is 0 Å². The lowest BCUT2D eigenvalue weighted by Crippen LogP contribution is -2.49. The summed E-state index contributed by atoms with van der Waals surface area (Å²) < 4.78 is 4.64. The van der Waals surface area contributed by atoms with E-state index in [1.807, 2.05) is 6.92 Å². The molecule has 2 N–H and O–H groups in total. The van der Waals surface area contributed by atoms with Gasteiger partial charge in [-0.3, -0.25) is 14.9 Å². The lowest BCUT2D eigenvalue weighted by Gasteiger charge is -2.19. The van der Waals surface area contributed by atoms with Crippen molar-refractivity contribution in [3.05, 3.63) is 0 Å². The Morgan fingerprint density at radius 3 is 2.50 bits per heavy atom. The van der Waals surface area contributed by atoms with E-state index < -0.39 is 6.04 Å². The van der Waals surface area contributed by atoms with E-state index in [4.69, 9.17) is 0 Å². The Labute approximate surface area is 95.9 Å². The molecule has 1 fully saturated rings. The van der Waals surface area contributed by atoms with Gasteiger partial charge in [0.25, 0.3) is 0 Å². The van der Waals surface area contributed by atoms with Gasteiger partial charge in [-0.2, -0.15) is 0 Å². The van der Waals surface area contributed by atoms with Crippen LogP contribution < -0.4 is 10.6 Å². The van der Waals surface area contributed by atoms with Crippen molar-refractivity contribution in [1.29, 1.82) is 0 Å². The lowest BCUT2D eigenvalue weighted by molar-refractivity contribution is -0.143. The Morgan fingerprint density at radius 2 is 2.06 bits per heavy atom. The van der Waals surface area contributed by atoms with Crippen LogP contribution in [0.15, 0.2) is 0 Å². The number of nitrogens with one attached hydrogen (secondary N) is 2. The number of rotatable bonds is 6. The van der Waals surface area contributed by atoms with Crippen molar-refractivity contribution in [2.45, 2.75) is 51.2 Å². The zero-order valence-electron chi connectivity index (χ0n) is 10.1.